The molecule has 4 rings (SSSR count). The van der Waals surface area contributed by atoms with E-state index in [0.29, 0.717) is 37.8 Å². The van der Waals surface area contributed by atoms with Crippen LogP contribution in [-0.4, -0.2) is 42.6 Å². The van der Waals surface area contributed by atoms with Crippen molar-refractivity contribution in [1.82, 2.24) is 9.97 Å². The first-order chi connectivity index (χ1) is 18.3. The lowest BCUT2D eigenvalue weighted by atomic mass is 9.93. The van der Waals surface area contributed by atoms with Crippen LogP contribution in [0.3, 0.4) is 0 Å². The molecule has 0 radical (unpaired) electrons. The second-order valence-corrected chi connectivity index (χ2v) is 11.7. The molecule has 0 unspecified atom stereocenters. The van der Waals surface area contributed by atoms with Crippen LogP contribution in [0.2, 0.25) is 0 Å². The van der Waals surface area contributed by atoms with Gasteiger partial charge in [0.05, 0.1) is 16.7 Å². The molecule has 12 heteroatoms. The van der Waals surface area contributed by atoms with Crippen LogP contribution in [0.15, 0.2) is 59.6 Å². The number of halogens is 3. The highest BCUT2D eigenvalue weighted by atomic mass is 32.2. The lowest BCUT2D eigenvalue weighted by molar-refractivity contribution is -0.146. The zero-order valence-corrected chi connectivity index (χ0v) is 22.3. The highest BCUT2D eigenvalue weighted by molar-refractivity contribution is 7.92. The van der Waals surface area contributed by atoms with E-state index in [1.54, 1.807) is 49.1 Å². The first kappa shape index (κ1) is 28.3. The number of carboxylic acid groups (broad SMARTS) is 1. The first-order valence-corrected chi connectivity index (χ1v) is 13.9. The van der Waals surface area contributed by atoms with Gasteiger partial charge in [0.15, 0.2) is 5.03 Å². The van der Waals surface area contributed by atoms with Gasteiger partial charge < -0.3 is 10.0 Å². The van der Waals surface area contributed by atoms with Gasteiger partial charge in [0.2, 0.25) is 0 Å². The number of carboxylic acids is 1. The van der Waals surface area contributed by atoms with E-state index in [9.17, 15) is 31.5 Å². The van der Waals surface area contributed by atoms with Crippen molar-refractivity contribution < 1.29 is 31.5 Å². The molecule has 4 bridgehead atoms. The number of fused-ring (bicyclic) bond motifs is 6. The Hall–Kier alpha value is -3.67. The van der Waals surface area contributed by atoms with E-state index < -0.39 is 33.1 Å². The van der Waals surface area contributed by atoms with Gasteiger partial charge in [-0.3, -0.25) is 9.52 Å². The number of pyridine rings is 2. The summed E-state index contributed by atoms with van der Waals surface area (Å²) in [5, 5.41) is 9.30. The van der Waals surface area contributed by atoms with E-state index in [-0.39, 0.29) is 34.5 Å². The highest BCUT2D eigenvalue weighted by Crippen LogP contribution is 2.38. The van der Waals surface area contributed by atoms with Gasteiger partial charge in [-0.25, -0.2) is 9.97 Å². The highest BCUT2D eigenvalue weighted by Gasteiger charge is 2.36. The smallest absolute Gasteiger partial charge is 0.418 e. The summed E-state index contributed by atoms with van der Waals surface area (Å²) < 4.78 is 70.5. The van der Waals surface area contributed by atoms with Gasteiger partial charge in [-0.15, -0.1) is 0 Å². The summed E-state index contributed by atoms with van der Waals surface area (Å²) in [4.78, 5) is 22.0. The number of hydrogen-bond acceptors (Lipinski definition) is 6. The van der Waals surface area contributed by atoms with Gasteiger partial charge >= 0.3 is 12.1 Å². The van der Waals surface area contributed by atoms with E-state index in [2.05, 4.69) is 14.7 Å². The maximum Gasteiger partial charge on any atom is 0.418 e. The molecule has 0 amide bonds. The van der Waals surface area contributed by atoms with E-state index >= 15 is 0 Å². The van der Waals surface area contributed by atoms with Gasteiger partial charge in [0.1, 0.15) is 11.6 Å². The van der Waals surface area contributed by atoms with Crippen molar-refractivity contribution >= 4 is 27.6 Å². The van der Waals surface area contributed by atoms with E-state index in [1.807, 2.05) is 0 Å². The number of hydrogen-bond donors (Lipinski definition) is 2. The van der Waals surface area contributed by atoms with Crippen LogP contribution in [-0.2, 0) is 27.4 Å². The van der Waals surface area contributed by atoms with Crippen LogP contribution in [0.1, 0.15) is 44.2 Å². The number of benzene rings is 1. The molecular weight excluding hydrogens is 533 g/mol. The van der Waals surface area contributed by atoms with Crippen molar-refractivity contribution in [2.45, 2.75) is 50.7 Å². The maximum absolute atomic E-state index is 13.9. The number of aromatic nitrogens is 2. The molecule has 8 nitrogen and oxygen atoms in total. The number of aliphatic carboxylic acids is 1. The standard InChI is InChI=1S/C27H29F3N4O4S/c1-26(2,25(35)36)17-34-16-7-3-4-9-18-10-5-6-11-19(18)24-20(27(28,29)30)14-15-21(31-24)33-39(37,38)23-13-8-12-22(34)32-23/h5-6,8,10-15H,3-4,7,9,16-17H2,1-2H3,(H,31,33)(H,35,36). The number of carbonyl (C=O) groups is 1. The van der Waals surface area contributed by atoms with Crippen LogP contribution in [0.25, 0.3) is 11.3 Å². The molecule has 2 N–H and O–H groups in total. The zero-order valence-electron chi connectivity index (χ0n) is 21.5. The largest absolute Gasteiger partial charge is 0.481 e. The molecule has 0 saturated carbocycles. The third-order valence-corrected chi connectivity index (χ3v) is 7.82. The fraction of sp³-hybridized carbons (Fsp3) is 0.370. The molecule has 0 atom stereocenters. The lowest BCUT2D eigenvalue weighted by Crippen LogP contribution is -2.40. The Morgan fingerprint density at radius 1 is 1.00 bits per heavy atom. The van der Waals surface area contributed by atoms with Crippen LogP contribution >= 0.6 is 0 Å². The summed E-state index contributed by atoms with van der Waals surface area (Å²) in [6.07, 6.45) is -2.20. The number of nitrogens with zero attached hydrogens (tertiary/aromatic N) is 3. The molecule has 3 heterocycles. The monoisotopic (exact) mass is 562 g/mol. The fourth-order valence-electron chi connectivity index (χ4n) is 4.45. The van der Waals surface area contributed by atoms with Crippen LogP contribution in [0.4, 0.5) is 24.8 Å². The average Bonchev–Trinajstić information content (AvgIpc) is 2.86. The Balaban J connectivity index is 1.83. The van der Waals surface area contributed by atoms with Crippen molar-refractivity contribution in [3.63, 3.8) is 0 Å². The van der Waals surface area contributed by atoms with Crippen molar-refractivity contribution in [3.8, 4) is 11.3 Å². The minimum atomic E-state index is -4.70. The van der Waals surface area contributed by atoms with Crippen LogP contribution in [0, 0.1) is 5.41 Å². The third-order valence-electron chi connectivity index (χ3n) is 6.56. The molecule has 39 heavy (non-hydrogen) atoms. The Morgan fingerprint density at radius 2 is 1.74 bits per heavy atom. The number of alkyl halides is 3. The first-order valence-electron chi connectivity index (χ1n) is 12.4. The summed E-state index contributed by atoms with van der Waals surface area (Å²) in [6.45, 7) is 3.68. The van der Waals surface area contributed by atoms with Gasteiger partial charge in [0.25, 0.3) is 10.0 Å². The molecule has 2 aromatic heterocycles. The Morgan fingerprint density at radius 3 is 2.46 bits per heavy atom. The van der Waals surface area contributed by atoms with E-state index in [4.69, 9.17) is 0 Å². The molecule has 0 fully saturated rings. The summed E-state index contributed by atoms with van der Waals surface area (Å²) >= 11 is 0. The lowest BCUT2D eigenvalue weighted by Gasteiger charge is -2.31. The molecule has 0 saturated heterocycles. The summed E-state index contributed by atoms with van der Waals surface area (Å²) in [7, 11) is -4.34. The van der Waals surface area contributed by atoms with Gasteiger partial charge in [0, 0.05) is 18.7 Å². The quantitative estimate of drug-likeness (QED) is 0.427. The van der Waals surface area contributed by atoms with Gasteiger partial charge in [-0.2, -0.15) is 21.6 Å². The molecular formula is C27H29F3N4O4S. The van der Waals surface area contributed by atoms with Crippen molar-refractivity contribution in [3.05, 3.63) is 65.7 Å². The number of nitrogens with one attached hydrogen (secondary N) is 1. The summed E-state index contributed by atoms with van der Waals surface area (Å²) in [5.41, 5.74) is -1.50. The van der Waals surface area contributed by atoms with E-state index in [1.165, 1.54) is 12.1 Å². The van der Waals surface area contributed by atoms with Gasteiger partial charge in [-0.1, -0.05) is 36.8 Å². The van der Waals surface area contributed by atoms with Crippen molar-refractivity contribution in [1.29, 1.82) is 0 Å². The number of sulfonamides is 1. The number of anilines is 2. The molecule has 3 aromatic rings. The predicted molar refractivity (Wildman–Crippen MR) is 141 cm³/mol. The minimum Gasteiger partial charge on any atom is -0.481 e. The Labute approximate surface area is 225 Å². The average molecular weight is 563 g/mol. The maximum atomic E-state index is 13.9. The van der Waals surface area contributed by atoms with Crippen LogP contribution < -0.4 is 9.62 Å². The van der Waals surface area contributed by atoms with Crippen molar-refractivity contribution in [2.75, 3.05) is 22.7 Å². The molecule has 1 aliphatic heterocycles. The zero-order chi connectivity index (χ0) is 28.4. The van der Waals surface area contributed by atoms with Crippen molar-refractivity contribution in [2.24, 2.45) is 5.41 Å². The Bertz CT molecular complexity index is 1480. The third kappa shape index (κ3) is 6.49. The fourth-order valence-corrected chi connectivity index (χ4v) is 5.42. The molecule has 208 valence electrons. The Kier molecular flexibility index (Phi) is 7.87. The summed E-state index contributed by atoms with van der Waals surface area (Å²) in [6, 6.07) is 12.8. The molecule has 0 spiro atoms. The topological polar surface area (TPSA) is 112 Å². The minimum absolute atomic E-state index is 0.0961. The van der Waals surface area contributed by atoms with Gasteiger partial charge in [-0.05, 0) is 62.9 Å². The SMILES string of the molecule is CC(C)(CN1CCCCCc2ccccc2-c2nc(ccc2C(F)(F)F)NS(=O)(=O)c2cccc1n2)C(=O)O. The second-order valence-electron chi connectivity index (χ2n) is 10.1. The second kappa shape index (κ2) is 10.8. The molecule has 1 aliphatic rings. The summed E-state index contributed by atoms with van der Waals surface area (Å²) in [5.74, 6) is -0.998. The molecule has 0 aliphatic carbocycles. The van der Waals surface area contributed by atoms with Crippen LogP contribution in [0.5, 0.6) is 0 Å². The number of aryl methyl sites for hydroxylation is 1. The number of rotatable bonds is 3. The molecule has 1 aromatic carbocycles. The van der Waals surface area contributed by atoms with E-state index in [0.717, 1.165) is 12.1 Å². The predicted octanol–water partition coefficient (Wildman–Crippen LogP) is 5.61. The normalized spacial score (nSPS) is 16.2.